The Hall–Kier alpha value is -2.52. The normalized spacial score (nSPS) is 23.8. The molecule has 172 valence electrons. The predicted octanol–water partition coefficient (Wildman–Crippen LogP) is 2.07. The van der Waals surface area contributed by atoms with Crippen LogP contribution in [0.2, 0.25) is 0 Å². The minimum absolute atomic E-state index is 0.0619. The molecule has 2 aliphatic rings. The first-order valence-electron chi connectivity index (χ1n) is 11.2. The zero-order valence-corrected chi connectivity index (χ0v) is 19.5. The van der Waals surface area contributed by atoms with Crippen LogP contribution in [0.4, 0.5) is 5.82 Å². The molecule has 0 N–H and O–H groups in total. The van der Waals surface area contributed by atoms with Crippen molar-refractivity contribution in [2.45, 2.75) is 50.9 Å². The third-order valence-electron chi connectivity index (χ3n) is 6.51. The molecule has 0 spiro atoms. The maximum absolute atomic E-state index is 13.4. The summed E-state index contributed by atoms with van der Waals surface area (Å²) in [6, 6.07) is 9.74. The van der Waals surface area contributed by atoms with Crippen LogP contribution in [0, 0.1) is 0 Å². The van der Waals surface area contributed by atoms with Crippen LogP contribution in [0.25, 0.3) is 0 Å². The van der Waals surface area contributed by atoms with E-state index in [2.05, 4.69) is 14.9 Å². The number of anilines is 1. The predicted molar refractivity (Wildman–Crippen MR) is 124 cm³/mol. The molecule has 8 nitrogen and oxygen atoms in total. The summed E-state index contributed by atoms with van der Waals surface area (Å²) in [5.41, 5.74) is 1.69. The van der Waals surface area contributed by atoms with Crippen LogP contribution in [0.5, 0.6) is 0 Å². The van der Waals surface area contributed by atoms with Gasteiger partial charge in [0.05, 0.1) is 29.9 Å². The number of hydrogen-bond acceptors (Lipinski definition) is 6. The monoisotopic (exact) mass is 457 g/mol. The first-order valence-corrected chi connectivity index (χ1v) is 12.7. The lowest BCUT2D eigenvalue weighted by atomic mass is 10.0. The van der Waals surface area contributed by atoms with Gasteiger partial charge in [-0.05, 0) is 31.7 Å². The maximum Gasteiger partial charge on any atom is 0.219 e. The number of benzene rings is 1. The number of hydrogen-bond donors (Lipinski definition) is 0. The Labute approximate surface area is 190 Å². The van der Waals surface area contributed by atoms with E-state index in [4.69, 9.17) is 0 Å². The van der Waals surface area contributed by atoms with Crippen molar-refractivity contribution in [2.75, 3.05) is 31.1 Å². The molecule has 0 saturated carbocycles. The number of aromatic nitrogens is 2. The van der Waals surface area contributed by atoms with Gasteiger partial charge in [0, 0.05) is 39.1 Å². The Morgan fingerprint density at radius 2 is 1.75 bits per heavy atom. The summed E-state index contributed by atoms with van der Waals surface area (Å²) in [4.78, 5) is 24.5. The standard InChI is InChI=1S/C23H31N5O3S/c1-18-8-9-22(14-20-6-4-3-5-7-20)32(30,31)28(18)17-21-15-25-23(16-24-21)27-12-10-26(11-13-27)19(2)29/h3-7,15-16,18,22H,8-14,17H2,1-2H3. The number of carbonyl (C=O) groups excluding carboxylic acids is 1. The fraction of sp³-hybridized carbons (Fsp3) is 0.522. The third-order valence-corrected chi connectivity index (χ3v) is 8.90. The van der Waals surface area contributed by atoms with E-state index >= 15 is 0 Å². The number of carbonyl (C=O) groups is 1. The molecule has 2 aliphatic heterocycles. The molecule has 0 radical (unpaired) electrons. The first-order chi connectivity index (χ1) is 15.3. The highest BCUT2D eigenvalue weighted by Crippen LogP contribution is 2.30. The minimum atomic E-state index is -3.44. The molecular weight excluding hydrogens is 426 g/mol. The Bertz CT molecular complexity index is 1020. The van der Waals surface area contributed by atoms with Crippen LogP contribution in [0.15, 0.2) is 42.7 Å². The molecule has 4 rings (SSSR count). The van der Waals surface area contributed by atoms with E-state index in [9.17, 15) is 13.2 Å². The lowest BCUT2D eigenvalue weighted by Gasteiger charge is -2.37. The van der Waals surface area contributed by atoms with Gasteiger partial charge in [0.25, 0.3) is 0 Å². The van der Waals surface area contributed by atoms with Crippen molar-refractivity contribution < 1.29 is 13.2 Å². The molecule has 2 aromatic rings. The highest BCUT2D eigenvalue weighted by molar-refractivity contribution is 7.89. The molecule has 1 aromatic carbocycles. The molecular formula is C23H31N5O3S. The lowest BCUT2D eigenvalue weighted by Crippen LogP contribution is -2.49. The molecule has 32 heavy (non-hydrogen) atoms. The fourth-order valence-corrected chi connectivity index (χ4v) is 6.63. The lowest BCUT2D eigenvalue weighted by molar-refractivity contribution is -0.129. The van der Waals surface area contributed by atoms with Gasteiger partial charge < -0.3 is 9.80 Å². The number of sulfonamides is 1. The smallest absolute Gasteiger partial charge is 0.219 e. The van der Waals surface area contributed by atoms with Crippen LogP contribution in [0.1, 0.15) is 37.9 Å². The second-order valence-electron chi connectivity index (χ2n) is 8.69. The summed E-state index contributed by atoms with van der Waals surface area (Å²) in [5.74, 6) is 0.849. The second-order valence-corrected chi connectivity index (χ2v) is 10.9. The van der Waals surface area contributed by atoms with E-state index in [1.165, 1.54) is 0 Å². The average Bonchev–Trinajstić information content (AvgIpc) is 2.80. The van der Waals surface area contributed by atoms with E-state index in [1.54, 1.807) is 23.6 Å². The van der Waals surface area contributed by atoms with Crippen molar-refractivity contribution in [3.05, 3.63) is 54.0 Å². The average molecular weight is 458 g/mol. The Kier molecular flexibility index (Phi) is 6.76. The summed E-state index contributed by atoms with van der Waals surface area (Å²) in [7, 11) is -3.44. The quantitative estimate of drug-likeness (QED) is 0.683. The zero-order valence-electron chi connectivity index (χ0n) is 18.7. The maximum atomic E-state index is 13.4. The van der Waals surface area contributed by atoms with Gasteiger partial charge in [-0.3, -0.25) is 9.78 Å². The molecule has 1 amide bonds. The summed E-state index contributed by atoms with van der Waals surface area (Å²) in [6.07, 6.45) is 5.43. The largest absolute Gasteiger partial charge is 0.352 e. The molecule has 3 heterocycles. The van der Waals surface area contributed by atoms with Crippen LogP contribution in [-0.2, 0) is 27.8 Å². The molecule has 2 saturated heterocycles. The highest BCUT2D eigenvalue weighted by atomic mass is 32.2. The van der Waals surface area contributed by atoms with Gasteiger partial charge in [-0.15, -0.1) is 0 Å². The van der Waals surface area contributed by atoms with E-state index < -0.39 is 15.3 Å². The van der Waals surface area contributed by atoms with Crippen molar-refractivity contribution in [2.24, 2.45) is 0 Å². The van der Waals surface area contributed by atoms with Crippen LogP contribution < -0.4 is 4.90 Å². The van der Waals surface area contributed by atoms with Gasteiger partial charge >= 0.3 is 0 Å². The number of nitrogens with zero attached hydrogens (tertiary/aromatic N) is 5. The summed E-state index contributed by atoms with van der Waals surface area (Å²) >= 11 is 0. The molecule has 2 atom stereocenters. The number of amides is 1. The summed E-state index contributed by atoms with van der Waals surface area (Å²) in [5, 5.41) is -0.411. The van der Waals surface area contributed by atoms with Gasteiger partial charge in [-0.1, -0.05) is 30.3 Å². The van der Waals surface area contributed by atoms with Crippen molar-refractivity contribution >= 4 is 21.7 Å². The first kappa shape index (κ1) is 22.7. The highest BCUT2D eigenvalue weighted by Gasteiger charge is 2.39. The van der Waals surface area contributed by atoms with E-state index in [0.717, 1.165) is 17.8 Å². The zero-order chi connectivity index (χ0) is 22.7. The summed E-state index contributed by atoms with van der Waals surface area (Å²) in [6.45, 7) is 6.56. The van der Waals surface area contributed by atoms with Crippen molar-refractivity contribution in [3.8, 4) is 0 Å². The number of rotatable bonds is 5. The fourth-order valence-electron chi connectivity index (χ4n) is 4.50. The Morgan fingerprint density at radius 3 is 2.38 bits per heavy atom. The van der Waals surface area contributed by atoms with Gasteiger partial charge in [-0.2, -0.15) is 4.31 Å². The van der Waals surface area contributed by atoms with Crippen molar-refractivity contribution in [3.63, 3.8) is 0 Å². The Morgan fingerprint density at radius 1 is 1.03 bits per heavy atom. The van der Waals surface area contributed by atoms with E-state index in [1.807, 2.05) is 42.2 Å². The van der Waals surface area contributed by atoms with Crippen LogP contribution in [-0.4, -0.2) is 71.0 Å². The molecule has 9 heteroatoms. The Balaban J connectivity index is 1.42. The van der Waals surface area contributed by atoms with Gasteiger partial charge in [0.2, 0.25) is 15.9 Å². The van der Waals surface area contributed by atoms with E-state index in [-0.39, 0.29) is 18.5 Å². The van der Waals surface area contributed by atoms with Gasteiger partial charge in [-0.25, -0.2) is 13.4 Å². The molecule has 0 bridgehead atoms. The topological polar surface area (TPSA) is 86.7 Å². The minimum Gasteiger partial charge on any atom is -0.352 e. The second kappa shape index (κ2) is 9.54. The number of piperazine rings is 1. The van der Waals surface area contributed by atoms with Crippen molar-refractivity contribution in [1.82, 2.24) is 19.2 Å². The van der Waals surface area contributed by atoms with Gasteiger partial charge in [0.15, 0.2) is 0 Å². The SMILES string of the molecule is CC(=O)N1CCN(c2cnc(CN3C(C)CCC(Cc4ccccc4)S3(=O)=O)cn2)CC1. The van der Waals surface area contributed by atoms with Crippen molar-refractivity contribution in [1.29, 1.82) is 0 Å². The molecule has 1 aromatic heterocycles. The van der Waals surface area contributed by atoms with E-state index in [0.29, 0.717) is 44.7 Å². The molecule has 0 aliphatic carbocycles. The van der Waals surface area contributed by atoms with Gasteiger partial charge in [0.1, 0.15) is 5.82 Å². The molecule has 2 unspecified atom stereocenters. The molecule has 2 fully saturated rings. The third kappa shape index (κ3) is 4.94. The van der Waals surface area contributed by atoms with Crippen LogP contribution >= 0.6 is 0 Å². The summed E-state index contributed by atoms with van der Waals surface area (Å²) < 4.78 is 28.3. The van der Waals surface area contributed by atoms with Crippen LogP contribution in [0.3, 0.4) is 0 Å².